The van der Waals surface area contributed by atoms with E-state index in [1.165, 1.54) is 6.33 Å². The van der Waals surface area contributed by atoms with Gasteiger partial charge in [-0.1, -0.05) is 6.92 Å². The number of nitrogens with one attached hydrogen (secondary N) is 1. The second-order valence-corrected chi connectivity index (χ2v) is 3.81. The van der Waals surface area contributed by atoms with E-state index in [1.807, 2.05) is 19.9 Å². The third kappa shape index (κ3) is 3.18. The van der Waals surface area contributed by atoms with E-state index in [-0.39, 0.29) is 6.04 Å². The summed E-state index contributed by atoms with van der Waals surface area (Å²) >= 11 is 0. The molecule has 5 heteroatoms. The predicted molar refractivity (Wildman–Crippen MR) is 61.3 cm³/mol. The normalized spacial score (nSPS) is 14.2. The van der Waals surface area contributed by atoms with Gasteiger partial charge in [0.25, 0.3) is 0 Å². The van der Waals surface area contributed by atoms with Gasteiger partial charge in [-0.25, -0.2) is 9.97 Å². The molecule has 1 heterocycles. The quantitative estimate of drug-likeness (QED) is 0.792. The molecule has 0 aromatic carbocycles. The standard InChI is InChI=1S/C11H17N3O2/c1-4-9-5-10(13-6-12-9)14-8(3)7(2)11(15)16/h5-8H,4H2,1-3H3,(H,15,16)(H,12,13,14). The first-order valence-electron chi connectivity index (χ1n) is 5.34. The van der Waals surface area contributed by atoms with E-state index in [2.05, 4.69) is 15.3 Å². The van der Waals surface area contributed by atoms with Crippen molar-refractivity contribution < 1.29 is 9.90 Å². The van der Waals surface area contributed by atoms with Gasteiger partial charge in [0.2, 0.25) is 0 Å². The summed E-state index contributed by atoms with van der Waals surface area (Å²) in [6.07, 6.45) is 2.32. The average Bonchev–Trinajstić information content (AvgIpc) is 2.28. The van der Waals surface area contributed by atoms with Crippen molar-refractivity contribution in [2.45, 2.75) is 33.2 Å². The Morgan fingerprint density at radius 3 is 2.75 bits per heavy atom. The summed E-state index contributed by atoms with van der Waals surface area (Å²) in [4.78, 5) is 18.9. The van der Waals surface area contributed by atoms with Gasteiger partial charge in [0.15, 0.2) is 0 Å². The zero-order valence-corrected chi connectivity index (χ0v) is 9.77. The Kier molecular flexibility index (Phi) is 4.22. The van der Waals surface area contributed by atoms with Crippen LogP contribution in [0.1, 0.15) is 26.5 Å². The Balaban J connectivity index is 2.68. The van der Waals surface area contributed by atoms with E-state index in [0.29, 0.717) is 5.82 Å². The van der Waals surface area contributed by atoms with Crippen molar-refractivity contribution in [1.29, 1.82) is 0 Å². The van der Waals surface area contributed by atoms with E-state index in [0.717, 1.165) is 12.1 Å². The highest BCUT2D eigenvalue weighted by Gasteiger charge is 2.19. The van der Waals surface area contributed by atoms with Crippen molar-refractivity contribution >= 4 is 11.8 Å². The van der Waals surface area contributed by atoms with Crippen LogP contribution in [-0.2, 0) is 11.2 Å². The fourth-order valence-electron chi connectivity index (χ4n) is 1.24. The maximum absolute atomic E-state index is 10.8. The van der Waals surface area contributed by atoms with E-state index >= 15 is 0 Å². The second kappa shape index (κ2) is 5.44. The minimum absolute atomic E-state index is 0.169. The number of hydrogen-bond donors (Lipinski definition) is 2. The number of aromatic nitrogens is 2. The van der Waals surface area contributed by atoms with Gasteiger partial charge >= 0.3 is 5.97 Å². The molecule has 0 aliphatic carbocycles. The fraction of sp³-hybridized carbons (Fsp3) is 0.545. The smallest absolute Gasteiger partial charge is 0.308 e. The molecule has 1 rings (SSSR count). The fourth-order valence-corrected chi connectivity index (χ4v) is 1.24. The number of aliphatic carboxylic acids is 1. The first-order chi connectivity index (χ1) is 7.54. The zero-order chi connectivity index (χ0) is 12.1. The van der Waals surface area contributed by atoms with E-state index in [9.17, 15) is 4.79 Å². The van der Waals surface area contributed by atoms with Crippen molar-refractivity contribution in [2.75, 3.05) is 5.32 Å². The molecule has 0 saturated carbocycles. The van der Waals surface area contributed by atoms with Gasteiger partial charge in [-0.05, 0) is 20.3 Å². The minimum atomic E-state index is -0.815. The molecule has 2 N–H and O–H groups in total. The Morgan fingerprint density at radius 2 is 2.19 bits per heavy atom. The third-order valence-electron chi connectivity index (χ3n) is 2.60. The van der Waals surface area contributed by atoms with Crippen molar-refractivity contribution in [3.63, 3.8) is 0 Å². The van der Waals surface area contributed by atoms with Crippen molar-refractivity contribution in [1.82, 2.24) is 9.97 Å². The molecule has 1 aromatic heterocycles. The lowest BCUT2D eigenvalue weighted by Crippen LogP contribution is -2.30. The summed E-state index contributed by atoms with van der Waals surface area (Å²) in [6, 6.07) is 1.67. The molecule has 0 saturated heterocycles. The van der Waals surface area contributed by atoms with Gasteiger partial charge in [0.05, 0.1) is 5.92 Å². The Bertz CT molecular complexity index is 368. The number of carbonyl (C=O) groups is 1. The van der Waals surface area contributed by atoms with E-state index in [1.54, 1.807) is 6.92 Å². The summed E-state index contributed by atoms with van der Waals surface area (Å²) in [5.74, 6) is -0.600. The monoisotopic (exact) mass is 223 g/mol. The molecule has 0 aliphatic rings. The van der Waals surface area contributed by atoms with Crippen molar-refractivity contribution in [2.24, 2.45) is 5.92 Å². The first-order valence-corrected chi connectivity index (χ1v) is 5.34. The summed E-state index contributed by atoms with van der Waals surface area (Å²) < 4.78 is 0. The summed E-state index contributed by atoms with van der Waals surface area (Å²) in [6.45, 7) is 5.50. The number of rotatable bonds is 5. The number of carboxylic acid groups (broad SMARTS) is 1. The Morgan fingerprint density at radius 1 is 1.50 bits per heavy atom. The predicted octanol–water partition coefficient (Wildman–Crippen LogP) is 1.56. The highest BCUT2D eigenvalue weighted by Crippen LogP contribution is 2.11. The van der Waals surface area contributed by atoms with Crippen LogP contribution in [0.2, 0.25) is 0 Å². The van der Waals surface area contributed by atoms with Crippen molar-refractivity contribution in [3.05, 3.63) is 18.1 Å². The second-order valence-electron chi connectivity index (χ2n) is 3.81. The van der Waals surface area contributed by atoms with Crippen LogP contribution in [0.5, 0.6) is 0 Å². The lowest BCUT2D eigenvalue weighted by atomic mass is 10.0. The van der Waals surface area contributed by atoms with Crippen LogP contribution in [0.4, 0.5) is 5.82 Å². The van der Waals surface area contributed by atoms with Crippen LogP contribution in [0.25, 0.3) is 0 Å². The summed E-state index contributed by atoms with van der Waals surface area (Å²) in [5, 5.41) is 11.9. The molecule has 2 unspecified atom stereocenters. The SMILES string of the molecule is CCc1cc(NC(C)C(C)C(=O)O)ncn1. The van der Waals surface area contributed by atoms with E-state index in [4.69, 9.17) is 5.11 Å². The maximum atomic E-state index is 10.8. The zero-order valence-electron chi connectivity index (χ0n) is 9.77. The van der Waals surface area contributed by atoms with Crippen LogP contribution < -0.4 is 5.32 Å². The van der Waals surface area contributed by atoms with Crippen LogP contribution in [0.15, 0.2) is 12.4 Å². The molecule has 0 fully saturated rings. The molecule has 0 bridgehead atoms. The molecular weight excluding hydrogens is 206 g/mol. The third-order valence-corrected chi connectivity index (χ3v) is 2.60. The molecule has 0 spiro atoms. The number of anilines is 1. The molecule has 1 aromatic rings. The molecule has 0 amide bonds. The van der Waals surface area contributed by atoms with Crippen molar-refractivity contribution in [3.8, 4) is 0 Å². The van der Waals surface area contributed by atoms with Gasteiger partial charge in [-0.3, -0.25) is 4.79 Å². The molecule has 88 valence electrons. The Hall–Kier alpha value is -1.65. The van der Waals surface area contributed by atoms with Gasteiger partial charge in [0.1, 0.15) is 12.1 Å². The van der Waals surface area contributed by atoms with Crippen LogP contribution >= 0.6 is 0 Å². The largest absolute Gasteiger partial charge is 0.481 e. The molecule has 5 nitrogen and oxygen atoms in total. The molecular formula is C11H17N3O2. The van der Waals surface area contributed by atoms with E-state index < -0.39 is 11.9 Å². The lowest BCUT2D eigenvalue weighted by Gasteiger charge is -2.18. The number of aryl methyl sites for hydroxylation is 1. The highest BCUT2D eigenvalue weighted by atomic mass is 16.4. The van der Waals surface area contributed by atoms with Crippen LogP contribution in [0, 0.1) is 5.92 Å². The first kappa shape index (κ1) is 12.4. The lowest BCUT2D eigenvalue weighted by molar-refractivity contribution is -0.141. The molecule has 0 radical (unpaired) electrons. The van der Waals surface area contributed by atoms with Gasteiger partial charge in [-0.15, -0.1) is 0 Å². The van der Waals surface area contributed by atoms with Crippen LogP contribution in [0.3, 0.4) is 0 Å². The van der Waals surface area contributed by atoms with Crippen LogP contribution in [-0.4, -0.2) is 27.1 Å². The minimum Gasteiger partial charge on any atom is -0.481 e. The topological polar surface area (TPSA) is 75.1 Å². The maximum Gasteiger partial charge on any atom is 0.308 e. The number of hydrogen-bond acceptors (Lipinski definition) is 4. The van der Waals surface area contributed by atoms with Gasteiger partial charge in [0, 0.05) is 17.8 Å². The molecule has 16 heavy (non-hydrogen) atoms. The number of nitrogens with zero attached hydrogens (tertiary/aromatic N) is 2. The van der Waals surface area contributed by atoms with Gasteiger partial charge < -0.3 is 10.4 Å². The number of carboxylic acids is 1. The summed E-state index contributed by atoms with van der Waals surface area (Å²) in [5.41, 5.74) is 0.938. The summed E-state index contributed by atoms with van der Waals surface area (Å²) in [7, 11) is 0. The average molecular weight is 223 g/mol. The molecule has 0 aliphatic heterocycles. The highest BCUT2D eigenvalue weighted by molar-refractivity contribution is 5.71. The molecule has 2 atom stereocenters. The Labute approximate surface area is 94.9 Å². The van der Waals surface area contributed by atoms with Gasteiger partial charge in [-0.2, -0.15) is 0 Å².